The van der Waals surface area contributed by atoms with E-state index < -0.39 is 6.10 Å². The van der Waals surface area contributed by atoms with Gasteiger partial charge in [0.2, 0.25) is 0 Å². The normalized spacial score (nSPS) is 17.6. The van der Waals surface area contributed by atoms with Crippen LogP contribution in [0.1, 0.15) is 28.9 Å². The number of hydrogen-bond donors (Lipinski definition) is 2. The van der Waals surface area contributed by atoms with Crippen LogP contribution in [0.3, 0.4) is 0 Å². The van der Waals surface area contributed by atoms with Crippen molar-refractivity contribution in [3.63, 3.8) is 0 Å². The maximum absolute atomic E-state index is 11.5. The van der Waals surface area contributed by atoms with Gasteiger partial charge in [-0.25, -0.2) is 0 Å². The Hall–Kier alpha value is -1.13. The lowest BCUT2D eigenvalue weighted by Gasteiger charge is -2.16. The third-order valence-electron chi connectivity index (χ3n) is 2.81. The van der Waals surface area contributed by atoms with E-state index in [1.165, 1.54) is 0 Å². The van der Waals surface area contributed by atoms with Gasteiger partial charge in [0.15, 0.2) is 5.78 Å². The number of aliphatic hydroxyl groups is 2. The zero-order valence-corrected chi connectivity index (χ0v) is 8.52. The van der Waals surface area contributed by atoms with Crippen molar-refractivity contribution in [2.45, 2.75) is 31.9 Å². The first-order valence-electron chi connectivity index (χ1n) is 5.22. The Labute approximate surface area is 88.1 Å². The molecule has 1 heterocycles. The molecule has 0 fully saturated rings. The summed E-state index contributed by atoms with van der Waals surface area (Å²) in [6.07, 6.45) is 3.45. The molecule has 0 radical (unpaired) electrons. The van der Waals surface area contributed by atoms with Gasteiger partial charge in [-0.1, -0.05) is 0 Å². The van der Waals surface area contributed by atoms with Crippen LogP contribution in [0.15, 0.2) is 12.3 Å². The summed E-state index contributed by atoms with van der Waals surface area (Å²) in [5, 5.41) is 18.1. The number of hydrogen-bond acceptors (Lipinski definition) is 3. The number of carbonyl (C=O) groups is 1. The molecule has 1 unspecified atom stereocenters. The summed E-state index contributed by atoms with van der Waals surface area (Å²) in [5.74, 6) is 0.188. The fourth-order valence-electron chi connectivity index (χ4n) is 2.04. The predicted octanol–water partition coefficient (Wildman–Crippen LogP) is 0.360. The number of rotatable bonds is 3. The average molecular weight is 209 g/mol. The summed E-state index contributed by atoms with van der Waals surface area (Å²) in [6.45, 7) is 0.111. The van der Waals surface area contributed by atoms with E-state index in [0.29, 0.717) is 13.0 Å². The molecule has 1 aromatic rings. The van der Waals surface area contributed by atoms with Crippen LogP contribution < -0.4 is 0 Å². The first kappa shape index (κ1) is 10.4. The minimum absolute atomic E-state index is 0.188. The second kappa shape index (κ2) is 4.16. The van der Waals surface area contributed by atoms with Crippen molar-refractivity contribution >= 4 is 5.78 Å². The summed E-state index contributed by atoms with van der Waals surface area (Å²) in [6, 6.07) is 1.81. The molecule has 1 aromatic heterocycles. The lowest BCUT2D eigenvalue weighted by molar-refractivity contribution is 0.0803. The fraction of sp³-hybridized carbons (Fsp3) is 0.545. The maximum atomic E-state index is 11.5. The van der Waals surface area contributed by atoms with Crippen LogP contribution in [0, 0.1) is 0 Å². The monoisotopic (exact) mass is 209 g/mol. The topological polar surface area (TPSA) is 62.5 Å². The van der Waals surface area contributed by atoms with Crippen molar-refractivity contribution in [2.75, 3.05) is 6.61 Å². The Morgan fingerprint density at radius 1 is 1.47 bits per heavy atom. The van der Waals surface area contributed by atoms with Crippen LogP contribution in [0.25, 0.3) is 0 Å². The van der Waals surface area contributed by atoms with Crippen molar-refractivity contribution in [1.29, 1.82) is 0 Å². The number of fused-ring (bicyclic) bond motifs is 1. The highest BCUT2D eigenvalue weighted by Crippen LogP contribution is 2.22. The van der Waals surface area contributed by atoms with Gasteiger partial charge < -0.3 is 14.8 Å². The SMILES string of the molecule is O=C1CCCc2c1ccn2CC(O)CO. The molecule has 0 aromatic carbocycles. The van der Waals surface area contributed by atoms with Crippen molar-refractivity contribution in [3.8, 4) is 0 Å². The molecule has 15 heavy (non-hydrogen) atoms. The molecule has 0 amide bonds. The van der Waals surface area contributed by atoms with Crippen molar-refractivity contribution in [3.05, 3.63) is 23.5 Å². The van der Waals surface area contributed by atoms with E-state index in [9.17, 15) is 9.90 Å². The molecule has 1 atom stereocenters. The lowest BCUT2D eigenvalue weighted by Crippen LogP contribution is -2.22. The summed E-state index contributed by atoms with van der Waals surface area (Å²) in [5.41, 5.74) is 1.78. The highest BCUT2D eigenvalue weighted by Gasteiger charge is 2.21. The van der Waals surface area contributed by atoms with E-state index in [4.69, 9.17) is 5.11 Å². The fourth-order valence-corrected chi connectivity index (χ4v) is 2.04. The maximum Gasteiger partial charge on any atom is 0.164 e. The molecule has 1 aliphatic rings. The summed E-state index contributed by atoms with van der Waals surface area (Å²) >= 11 is 0. The van der Waals surface area contributed by atoms with Crippen molar-refractivity contribution < 1.29 is 15.0 Å². The number of aliphatic hydroxyl groups excluding tert-OH is 2. The first-order valence-corrected chi connectivity index (χ1v) is 5.22. The average Bonchev–Trinajstić information content (AvgIpc) is 2.63. The summed E-state index contributed by atoms with van der Waals surface area (Å²) < 4.78 is 1.87. The Bertz CT molecular complexity index is 370. The second-order valence-electron chi connectivity index (χ2n) is 3.94. The van der Waals surface area contributed by atoms with Gasteiger partial charge in [0.1, 0.15) is 0 Å². The molecular weight excluding hydrogens is 194 g/mol. The van der Waals surface area contributed by atoms with E-state index in [1.807, 2.05) is 10.8 Å². The molecular formula is C11H15NO3. The molecule has 4 heteroatoms. The number of ketones is 1. The molecule has 1 aliphatic carbocycles. The molecule has 4 nitrogen and oxygen atoms in total. The molecule has 82 valence electrons. The van der Waals surface area contributed by atoms with E-state index in [-0.39, 0.29) is 12.4 Å². The van der Waals surface area contributed by atoms with Gasteiger partial charge in [-0.15, -0.1) is 0 Å². The minimum atomic E-state index is -0.751. The van der Waals surface area contributed by atoms with Gasteiger partial charge in [-0.05, 0) is 18.9 Å². The zero-order chi connectivity index (χ0) is 10.8. The van der Waals surface area contributed by atoms with Crippen LogP contribution in [0.2, 0.25) is 0 Å². The van der Waals surface area contributed by atoms with Gasteiger partial charge in [0, 0.05) is 23.9 Å². The highest BCUT2D eigenvalue weighted by molar-refractivity contribution is 5.98. The largest absolute Gasteiger partial charge is 0.394 e. The lowest BCUT2D eigenvalue weighted by atomic mass is 9.97. The van der Waals surface area contributed by atoms with E-state index in [1.54, 1.807) is 6.07 Å². The second-order valence-corrected chi connectivity index (χ2v) is 3.94. The number of aromatic nitrogens is 1. The molecule has 0 spiro atoms. The minimum Gasteiger partial charge on any atom is -0.394 e. The molecule has 0 bridgehead atoms. The zero-order valence-electron chi connectivity index (χ0n) is 8.52. The number of Topliss-reactive ketones (excluding diaryl/α,β-unsaturated/α-hetero) is 1. The predicted molar refractivity (Wildman–Crippen MR) is 54.8 cm³/mol. The van der Waals surface area contributed by atoms with Gasteiger partial charge in [0.25, 0.3) is 0 Å². The van der Waals surface area contributed by atoms with Crippen molar-refractivity contribution in [2.24, 2.45) is 0 Å². The number of carbonyl (C=O) groups excluding carboxylic acids is 1. The Morgan fingerprint density at radius 3 is 3.00 bits per heavy atom. The third-order valence-corrected chi connectivity index (χ3v) is 2.81. The van der Waals surface area contributed by atoms with Gasteiger partial charge in [-0.2, -0.15) is 0 Å². The van der Waals surface area contributed by atoms with Gasteiger partial charge in [0.05, 0.1) is 19.3 Å². The Balaban J connectivity index is 2.23. The molecule has 2 N–H and O–H groups in total. The smallest absolute Gasteiger partial charge is 0.164 e. The van der Waals surface area contributed by atoms with Crippen LogP contribution in [0.4, 0.5) is 0 Å². The molecule has 2 rings (SSSR count). The van der Waals surface area contributed by atoms with E-state index >= 15 is 0 Å². The Morgan fingerprint density at radius 2 is 2.27 bits per heavy atom. The molecule has 0 aliphatic heterocycles. The summed E-state index contributed by atoms with van der Waals surface area (Å²) in [4.78, 5) is 11.5. The van der Waals surface area contributed by atoms with E-state index in [0.717, 1.165) is 24.1 Å². The first-order chi connectivity index (χ1) is 7.22. The van der Waals surface area contributed by atoms with Crippen LogP contribution in [-0.4, -0.2) is 33.3 Å². The van der Waals surface area contributed by atoms with Crippen LogP contribution in [-0.2, 0) is 13.0 Å². The summed E-state index contributed by atoms with van der Waals surface area (Å²) in [7, 11) is 0. The standard InChI is InChI=1S/C11H15NO3/c13-7-8(14)6-12-5-4-9-10(12)2-1-3-11(9)15/h4-5,8,13-14H,1-3,6-7H2. The van der Waals surface area contributed by atoms with Gasteiger partial charge >= 0.3 is 0 Å². The quantitative estimate of drug-likeness (QED) is 0.755. The number of nitrogens with zero attached hydrogens (tertiary/aromatic N) is 1. The van der Waals surface area contributed by atoms with Crippen LogP contribution >= 0.6 is 0 Å². The Kier molecular flexibility index (Phi) is 2.88. The van der Waals surface area contributed by atoms with Gasteiger partial charge in [-0.3, -0.25) is 4.79 Å². The molecule has 0 saturated carbocycles. The molecule has 0 saturated heterocycles. The van der Waals surface area contributed by atoms with Crippen molar-refractivity contribution in [1.82, 2.24) is 4.57 Å². The van der Waals surface area contributed by atoms with E-state index in [2.05, 4.69) is 0 Å². The van der Waals surface area contributed by atoms with Crippen LogP contribution in [0.5, 0.6) is 0 Å². The third kappa shape index (κ3) is 1.96. The highest BCUT2D eigenvalue weighted by atomic mass is 16.3.